The Hall–Kier alpha value is -1.43. The van der Waals surface area contributed by atoms with Crippen LogP contribution in [0.2, 0.25) is 0 Å². The smallest absolute Gasteiger partial charge is 0.133 e. The molecule has 1 aliphatic rings. The highest BCUT2D eigenvalue weighted by molar-refractivity contribution is 9.10. The normalized spacial score (nSPS) is 16.4. The van der Waals surface area contributed by atoms with Gasteiger partial charge < -0.3 is 5.32 Å². The van der Waals surface area contributed by atoms with Gasteiger partial charge in [0.05, 0.1) is 16.2 Å². The molecule has 0 saturated heterocycles. The molecule has 2 heterocycles. The van der Waals surface area contributed by atoms with Crippen LogP contribution in [0, 0.1) is 0 Å². The second kappa shape index (κ2) is 5.16. The first-order valence-corrected chi connectivity index (χ1v) is 7.66. The standard InChI is InChI=1S/C14H18BrN5/c1-10(2)13-16-6-3-12(19-13)17-9-14(4-5-14)20-8-11(15)7-18-20/h3,6-8,10H,4-5,9H2,1-2H3,(H,16,17,19). The van der Waals surface area contributed by atoms with Crippen LogP contribution in [-0.2, 0) is 5.54 Å². The molecule has 0 bridgehead atoms. The third-order valence-corrected chi connectivity index (χ3v) is 4.06. The minimum atomic E-state index is 0.106. The molecule has 20 heavy (non-hydrogen) atoms. The maximum absolute atomic E-state index is 4.54. The summed E-state index contributed by atoms with van der Waals surface area (Å²) in [6.07, 6.45) is 7.98. The van der Waals surface area contributed by atoms with Gasteiger partial charge in [0, 0.05) is 24.9 Å². The van der Waals surface area contributed by atoms with Gasteiger partial charge >= 0.3 is 0 Å². The van der Waals surface area contributed by atoms with E-state index in [2.05, 4.69) is 54.8 Å². The predicted octanol–water partition coefficient (Wildman–Crippen LogP) is 3.16. The second-order valence-corrected chi connectivity index (χ2v) is 6.55. The molecule has 2 aromatic heterocycles. The van der Waals surface area contributed by atoms with Crippen molar-refractivity contribution in [1.29, 1.82) is 0 Å². The van der Waals surface area contributed by atoms with E-state index in [1.54, 1.807) is 0 Å². The SMILES string of the molecule is CC(C)c1nccc(NCC2(n3cc(Br)cn3)CC2)n1. The molecule has 3 rings (SSSR count). The molecule has 6 heteroatoms. The maximum Gasteiger partial charge on any atom is 0.133 e. The third kappa shape index (κ3) is 2.70. The van der Waals surface area contributed by atoms with Gasteiger partial charge in [0.25, 0.3) is 0 Å². The molecule has 2 aromatic rings. The molecule has 0 aromatic carbocycles. The highest BCUT2D eigenvalue weighted by Gasteiger charge is 2.45. The van der Waals surface area contributed by atoms with E-state index in [9.17, 15) is 0 Å². The maximum atomic E-state index is 4.54. The van der Waals surface area contributed by atoms with E-state index >= 15 is 0 Å². The molecular formula is C14H18BrN5. The fourth-order valence-corrected chi connectivity index (χ4v) is 2.48. The first-order chi connectivity index (χ1) is 9.59. The molecule has 1 fully saturated rings. The predicted molar refractivity (Wildman–Crippen MR) is 81.7 cm³/mol. The van der Waals surface area contributed by atoms with E-state index in [1.807, 2.05) is 24.7 Å². The summed E-state index contributed by atoms with van der Waals surface area (Å²) in [6, 6.07) is 1.92. The molecule has 0 atom stereocenters. The Labute approximate surface area is 127 Å². The van der Waals surface area contributed by atoms with Gasteiger partial charge in [-0.15, -0.1) is 0 Å². The van der Waals surface area contributed by atoms with Gasteiger partial charge in [-0.25, -0.2) is 9.97 Å². The number of aromatic nitrogens is 4. The van der Waals surface area contributed by atoms with Crippen molar-refractivity contribution in [2.75, 3.05) is 11.9 Å². The van der Waals surface area contributed by atoms with Crippen molar-refractivity contribution in [1.82, 2.24) is 19.7 Å². The lowest BCUT2D eigenvalue weighted by Crippen LogP contribution is -2.27. The number of nitrogens with zero attached hydrogens (tertiary/aromatic N) is 4. The number of hydrogen-bond donors (Lipinski definition) is 1. The number of hydrogen-bond acceptors (Lipinski definition) is 4. The fraction of sp³-hybridized carbons (Fsp3) is 0.500. The largest absolute Gasteiger partial charge is 0.368 e. The van der Waals surface area contributed by atoms with E-state index in [-0.39, 0.29) is 5.54 Å². The number of rotatable bonds is 5. The number of anilines is 1. The Bertz CT molecular complexity index is 603. The molecule has 1 N–H and O–H groups in total. The molecular weight excluding hydrogens is 318 g/mol. The van der Waals surface area contributed by atoms with E-state index in [0.29, 0.717) is 5.92 Å². The zero-order valence-electron chi connectivity index (χ0n) is 11.7. The number of halogens is 1. The summed E-state index contributed by atoms with van der Waals surface area (Å²) in [5, 5.41) is 7.83. The summed E-state index contributed by atoms with van der Waals surface area (Å²) in [6.45, 7) is 5.04. The van der Waals surface area contributed by atoms with Gasteiger partial charge in [0.1, 0.15) is 11.6 Å². The quantitative estimate of drug-likeness (QED) is 0.911. The molecule has 5 nitrogen and oxygen atoms in total. The average molecular weight is 336 g/mol. The first-order valence-electron chi connectivity index (χ1n) is 6.86. The zero-order chi connectivity index (χ0) is 14.2. The summed E-state index contributed by atoms with van der Waals surface area (Å²) in [7, 11) is 0. The summed E-state index contributed by atoms with van der Waals surface area (Å²) >= 11 is 3.45. The van der Waals surface area contributed by atoms with Crippen molar-refractivity contribution in [3.8, 4) is 0 Å². The van der Waals surface area contributed by atoms with Crippen LogP contribution in [0.5, 0.6) is 0 Å². The van der Waals surface area contributed by atoms with Crippen LogP contribution in [0.4, 0.5) is 5.82 Å². The molecule has 0 unspecified atom stereocenters. The van der Waals surface area contributed by atoms with Gasteiger partial charge in [0.15, 0.2) is 0 Å². The van der Waals surface area contributed by atoms with E-state index in [4.69, 9.17) is 0 Å². The van der Waals surface area contributed by atoms with Crippen LogP contribution in [0.25, 0.3) is 0 Å². The van der Waals surface area contributed by atoms with Gasteiger partial charge in [-0.3, -0.25) is 4.68 Å². The van der Waals surface area contributed by atoms with Crippen molar-refractivity contribution in [2.45, 2.75) is 38.1 Å². The highest BCUT2D eigenvalue weighted by atomic mass is 79.9. The second-order valence-electron chi connectivity index (χ2n) is 5.64. The molecule has 0 radical (unpaired) electrons. The van der Waals surface area contributed by atoms with Crippen LogP contribution in [0.3, 0.4) is 0 Å². The summed E-state index contributed by atoms with van der Waals surface area (Å²) < 4.78 is 3.07. The third-order valence-electron chi connectivity index (χ3n) is 3.65. The minimum Gasteiger partial charge on any atom is -0.368 e. The van der Waals surface area contributed by atoms with Crippen molar-refractivity contribution in [3.63, 3.8) is 0 Å². The summed E-state index contributed by atoms with van der Waals surface area (Å²) in [5.41, 5.74) is 0.106. The Morgan fingerprint density at radius 2 is 2.25 bits per heavy atom. The minimum absolute atomic E-state index is 0.106. The lowest BCUT2D eigenvalue weighted by atomic mass is 10.2. The fourth-order valence-electron chi connectivity index (χ4n) is 2.20. The Kier molecular flexibility index (Phi) is 3.50. The Balaban J connectivity index is 1.69. The van der Waals surface area contributed by atoms with E-state index < -0.39 is 0 Å². The zero-order valence-corrected chi connectivity index (χ0v) is 13.3. The summed E-state index contributed by atoms with van der Waals surface area (Å²) in [4.78, 5) is 8.83. The molecule has 106 valence electrons. The molecule has 0 spiro atoms. The Morgan fingerprint density at radius 1 is 1.45 bits per heavy atom. The highest BCUT2D eigenvalue weighted by Crippen LogP contribution is 2.43. The van der Waals surface area contributed by atoms with Crippen molar-refractivity contribution < 1.29 is 0 Å². The Morgan fingerprint density at radius 3 is 2.85 bits per heavy atom. The van der Waals surface area contributed by atoms with Crippen LogP contribution in [-0.4, -0.2) is 26.3 Å². The van der Waals surface area contributed by atoms with Gasteiger partial charge in [-0.05, 0) is 34.8 Å². The lowest BCUT2D eigenvalue weighted by Gasteiger charge is -2.17. The van der Waals surface area contributed by atoms with Gasteiger partial charge in [-0.1, -0.05) is 13.8 Å². The molecule has 0 amide bonds. The van der Waals surface area contributed by atoms with Crippen LogP contribution in [0.15, 0.2) is 29.1 Å². The van der Waals surface area contributed by atoms with Crippen LogP contribution in [0.1, 0.15) is 38.4 Å². The average Bonchev–Trinajstić information content (AvgIpc) is 3.11. The topological polar surface area (TPSA) is 55.6 Å². The van der Waals surface area contributed by atoms with E-state index in [0.717, 1.165) is 35.5 Å². The number of nitrogens with one attached hydrogen (secondary N) is 1. The summed E-state index contributed by atoms with van der Waals surface area (Å²) in [5.74, 6) is 2.11. The van der Waals surface area contributed by atoms with Gasteiger partial charge in [-0.2, -0.15) is 5.10 Å². The van der Waals surface area contributed by atoms with Crippen molar-refractivity contribution in [2.24, 2.45) is 0 Å². The molecule has 1 aliphatic carbocycles. The lowest BCUT2D eigenvalue weighted by molar-refractivity contribution is 0.452. The molecule has 1 saturated carbocycles. The van der Waals surface area contributed by atoms with Gasteiger partial charge in [0.2, 0.25) is 0 Å². The van der Waals surface area contributed by atoms with Crippen LogP contribution >= 0.6 is 15.9 Å². The first kappa shape index (κ1) is 13.5. The van der Waals surface area contributed by atoms with Crippen molar-refractivity contribution >= 4 is 21.7 Å². The molecule has 0 aliphatic heterocycles. The van der Waals surface area contributed by atoms with E-state index in [1.165, 1.54) is 0 Å². The van der Waals surface area contributed by atoms with Crippen molar-refractivity contribution in [3.05, 3.63) is 35.0 Å². The van der Waals surface area contributed by atoms with Crippen LogP contribution < -0.4 is 5.32 Å². The monoisotopic (exact) mass is 335 g/mol.